The first-order valence-corrected chi connectivity index (χ1v) is 8.49. The van der Waals surface area contributed by atoms with Gasteiger partial charge in [-0.3, -0.25) is 0 Å². The lowest BCUT2D eigenvalue weighted by molar-refractivity contribution is -0.140. The lowest BCUT2D eigenvalue weighted by Gasteiger charge is -2.26. The summed E-state index contributed by atoms with van der Waals surface area (Å²) in [6, 6.07) is 26.7. The van der Waals surface area contributed by atoms with Crippen LogP contribution in [0.3, 0.4) is 0 Å². The van der Waals surface area contributed by atoms with Crippen LogP contribution in [-0.2, 0) is 9.63 Å². The van der Waals surface area contributed by atoms with Crippen LogP contribution >= 0.6 is 11.6 Å². The third-order valence-electron chi connectivity index (χ3n) is 4.40. The Hall–Kier alpha value is -2.78. The van der Waals surface area contributed by atoms with Gasteiger partial charge in [-0.1, -0.05) is 84.4 Å². The molecule has 0 saturated carbocycles. The summed E-state index contributed by atoms with van der Waals surface area (Å²) in [4.78, 5) is 18.4. The van der Waals surface area contributed by atoms with E-state index in [4.69, 9.17) is 16.4 Å². The summed E-state index contributed by atoms with van der Waals surface area (Å²) >= 11 is 6.37. The van der Waals surface area contributed by atoms with Gasteiger partial charge in [0, 0.05) is 0 Å². The molecule has 4 heteroatoms. The molecule has 2 atom stereocenters. The smallest absolute Gasteiger partial charge is 0.339 e. The minimum Gasteiger partial charge on any atom is -0.339 e. The van der Waals surface area contributed by atoms with E-state index in [1.54, 1.807) is 11.1 Å². The maximum absolute atomic E-state index is 12.7. The predicted molar refractivity (Wildman–Crippen MR) is 98.4 cm³/mol. The maximum Gasteiger partial charge on any atom is 0.342 e. The largest absolute Gasteiger partial charge is 0.342 e. The van der Waals surface area contributed by atoms with Gasteiger partial charge in [0.25, 0.3) is 0 Å². The Morgan fingerprint density at radius 1 is 0.760 bits per heavy atom. The standard InChI is InChI=1S/C21H16ClNO2/c22-17-13-7-8-14-18(17)23-20(16-11-5-2-6-12-16)19(21(24)25-23)15-9-3-1-4-10-15/h1-14,19-20H. The quantitative estimate of drug-likeness (QED) is 0.655. The predicted octanol–water partition coefficient (Wildman–Crippen LogP) is 5.14. The van der Waals surface area contributed by atoms with Crippen LogP contribution in [-0.4, -0.2) is 5.97 Å². The number of halogens is 1. The first kappa shape index (κ1) is 15.7. The highest BCUT2D eigenvalue weighted by Gasteiger charge is 2.46. The number of nitrogens with zero attached hydrogens (tertiary/aromatic N) is 1. The zero-order valence-corrected chi connectivity index (χ0v) is 14.1. The van der Waals surface area contributed by atoms with Crippen molar-refractivity contribution in [1.82, 2.24) is 0 Å². The molecule has 0 radical (unpaired) electrons. The molecule has 3 aromatic rings. The van der Waals surface area contributed by atoms with Crippen LogP contribution in [0.1, 0.15) is 23.1 Å². The van der Waals surface area contributed by atoms with Crippen LogP contribution in [0.2, 0.25) is 5.02 Å². The molecule has 124 valence electrons. The second kappa shape index (κ2) is 6.61. The fourth-order valence-corrected chi connectivity index (χ4v) is 3.48. The number of carbonyl (C=O) groups excluding carboxylic acids is 1. The van der Waals surface area contributed by atoms with Gasteiger partial charge in [0.2, 0.25) is 0 Å². The number of para-hydroxylation sites is 1. The Balaban J connectivity index is 1.85. The van der Waals surface area contributed by atoms with E-state index >= 15 is 0 Å². The number of carbonyl (C=O) groups is 1. The molecule has 1 aliphatic rings. The second-order valence-electron chi connectivity index (χ2n) is 5.93. The molecule has 4 rings (SSSR count). The van der Waals surface area contributed by atoms with Gasteiger partial charge in [-0.2, -0.15) is 5.06 Å². The molecule has 0 spiro atoms. The van der Waals surface area contributed by atoms with E-state index < -0.39 is 5.92 Å². The van der Waals surface area contributed by atoms with Crippen molar-refractivity contribution < 1.29 is 9.63 Å². The highest BCUT2D eigenvalue weighted by molar-refractivity contribution is 6.33. The van der Waals surface area contributed by atoms with Crippen molar-refractivity contribution in [2.75, 3.05) is 5.06 Å². The molecule has 2 unspecified atom stereocenters. The van der Waals surface area contributed by atoms with Crippen molar-refractivity contribution in [1.29, 1.82) is 0 Å². The number of hydroxylamine groups is 1. The SMILES string of the molecule is O=C1ON(c2ccccc2Cl)C(c2ccccc2)C1c1ccccc1. The topological polar surface area (TPSA) is 29.5 Å². The molecule has 0 N–H and O–H groups in total. The van der Waals surface area contributed by atoms with Crippen LogP contribution in [0.25, 0.3) is 0 Å². The van der Waals surface area contributed by atoms with E-state index in [9.17, 15) is 4.79 Å². The molecule has 1 saturated heterocycles. The molecule has 3 aromatic carbocycles. The Kier molecular flexibility index (Phi) is 4.16. The van der Waals surface area contributed by atoms with Crippen LogP contribution in [0.5, 0.6) is 0 Å². The summed E-state index contributed by atoms with van der Waals surface area (Å²) in [7, 11) is 0. The maximum atomic E-state index is 12.7. The van der Waals surface area contributed by atoms with Crippen molar-refractivity contribution in [2.24, 2.45) is 0 Å². The second-order valence-corrected chi connectivity index (χ2v) is 6.34. The number of anilines is 1. The lowest BCUT2D eigenvalue weighted by Crippen LogP contribution is -2.23. The molecule has 0 bridgehead atoms. The monoisotopic (exact) mass is 349 g/mol. The lowest BCUT2D eigenvalue weighted by atomic mass is 9.87. The summed E-state index contributed by atoms with van der Waals surface area (Å²) in [5, 5.41) is 2.18. The molecule has 0 aromatic heterocycles. The van der Waals surface area contributed by atoms with Gasteiger partial charge < -0.3 is 4.84 Å². The van der Waals surface area contributed by atoms with E-state index in [0.717, 1.165) is 11.1 Å². The molecule has 1 fully saturated rings. The number of benzene rings is 3. The van der Waals surface area contributed by atoms with Crippen LogP contribution in [0, 0.1) is 0 Å². The molecule has 0 amide bonds. The zero-order chi connectivity index (χ0) is 17.2. The third kappa shape index (κ3) is 2.87. The van der Waals surface area contributed by atoms with E-state index in [2.05, 4.69) is 0 Å². The highest BCUT2D eigenvalue weighted by atomic mass is 35.5. The molecule has 1 heterocycles. The van der Waals surface area contributed by atoms with Crippen molar-refractivity contribution >= 4 is 23.3 Å². The summed E-state index contributed by atoms with van der Waals surface area (Å²) in [5.41, 5.74) is 2.61. The molecule has 0 aliphatic carbocycles. The van der Waals surface area contributed by atoms with Gasteiger partial charge in [0.15, 0.2) is 0 Å². The molecular formula is C21H16ClNO2. The van der Waals surface area contributed by atoms with E-state index in [0.29, 0.717) is 10.7 Å². The van der Waals surface area contributed by atoms with E-state index in [1.807, 2.05) is 78.9 Å². The van der Waals surface area contributed by atoms with Gasteiger partial charge in [-0.15, -0.1) is 0 Å². The summed E-state index contributed by atoms with van der Waals surface area (Å²) in [6.45, 7) is 0. The minimum atomic E-state index is -0.417. The summed E-state index contributed by atoms with van der Waals surface area (Å²) in [6.07, 6.45) is 0. The zero-order valence-electron chi connectivity index (χ0n) is 13.4. The molecule has 3 nitrogen and oxygen atoms in total. The molecule has 1 aliphatic heterocycles. The van der Waals surface area contributed by atoms with Crippen LogP contribution in [0.4, 0.5) is 5.69 Å². The molecular weight excluding hydrogens is 334 g/mol. The van der Waals surface area contributed by atoms with Gasteiger partial charge in [0.05, 0.1) is 10.7 Å². The Bertz CT molecular complexity index is 883. The van der Waals surface area contributed by atoms with Crippen LogP contribution in [0.15, 0.2) is 84.9 Å². The van der Waals surface area contributed by atoms with Crippen molar-refractivity contribution in [2.45, 2.75) is 12.0 Å². The van der Waals surface area contributed by atoms with E-state index in [1.165, 1.54) is 0 Å². The number of hydrogen-bond donors (Lipinski definition) is 0. The molecule has 25 heavy (non-hydrogen) atoms. The summed E-state index contributed by atoms with van der Waals surface area (Å²) in [5.74, 6) is -0.695. The van der Waals surface area contributed by atoms with Gasteiger partial charge in [0.1, 0.15) is 12.0 Å². The Labute approximate surface area is 151 Å². The van der Waals surface area contributed by atoms with Crippen LogP contribution < -0.4 is 5.06 Å². The van der Waals surface area contributed by atoms with Gasteiger partial charge in [-0.25, -0.2) is 4.79 Å². The van der Waals surface area contributed by atoms with Crippen molar-refractivity contribution in [3.63, 3.8) is 0 Å². The Morgan fingerprint density at radius 2 is 1.32 bits per heavy atom. The first-order valence-electron chi connectivity index (χ1n) is 8.11. The van der Waals surface area contributed by atoms with Crippen molar-refractivity contribution in [3.8, 4) is 0 Å². The summed E-state index contributed by atoms with van der Waals surface area (Å²) < 4.78 is 0. The highest BCUT2D eigenvalue weighted by Crippen LogP contribution is 2.46. The van der Waals surface area contributed by atoms with Gasteiger partial charge in [-0.05, 0) is 23.3 Å². The minimum absolute atomic E-state index is 0.278. The van der Waals surface area contributed by atoms with Gasteiger partial charge >= 0.3 is 5.97 Å². The normalized spacial score (nSPS) is 19.7. The fraction of sp³-hybridized carbons (Fsp3) is 0.0952. The van der Waals surface area contributed by atoms with E-state index in [-0.39, 0.29) is 12.0 Å². The average Bonchev–Trinajstić information content (AvgIpc) is 3.00. The first-order chi connectivity index (χ1) is 12.3. The fourth-order valence-electron chi connectivity index (χ4n) is 3.26. The third-order valence-corrected chi connectivity index (χ3v) is 4.72. The average molecular weight is 350 g/mol. The van der Waals surface area contributed by atoms with Crippen molar-refractivity contribution in [3.05, 3.63) is 101 Å². The Morgan fingerprint density at radius 3 is 1.96 bits per heavy atom. The number of rotatable bonds is 3. The number of hydrogen-bond acceptors (Lipinski definition) is 3.